The first-order valence-corrected chi connectivity index (χ1v) is 5.99. The molecular weight excluding hydrogens is 230 g/mol. The Morgan fingerprint density at radius 3 is 3.06 bits per heavy atom. The van der Waals surface area contributed by atoms with Crippen molar-refractivity contribution in [3.8, 4) is 0 Å². The molecule has 0 spiro atoms. The van der Waals surface area contributed by atoms with Gasteiger partial charge in [-0.2, -0.15) is 0 Å². The minimum absolute atomic E-state index is 0.0361. The summed E-state index contributed by atoms with van der Waals surface area (Å²) in [4.78, 5) is 15.8. The van der Waals surface area contributed by atoms with Gasteiger partial charge in [0.05, 0.1) is 18.2 Å². The highest BCUT2D eigenvalue weighted by molar-refractivity contribution is 5.90. The maximum Gasteiger partial charge on any atom is 0.239 e. The number of amides is 1. The van der Waals surface area contributed by atoms with Gasteiger partial charge in [-0.05, 0) is 18.1 Å². The molecule has 0 bridgehead atoms. The highest BCUT2D eigenvalue weighted by atomic mass is 16.3. The van der Waals surface area contributed by atoms with Crippen molar-refractivity contribution in [1.82, 2.24) is 10.3 Å². The molecule has 96 valence electrons. The molecule has 0 saturated heterocycles. The second-order valence-electron chi connectivity index (χ2n) is 4.54. The monoisotopic (exact) mass is 247 g/mol. The number of furan rings is 1. The minimum atomic E-state index is -0.0361. The SMILES string of the molecule is CC(C)CNC(=O)CNc1nccc2occc12. The summed E-state index contributed by atoms with van der Waals surface area (Å²) in [6, 6.07) is 3.62. The highest BCUT2D eigenvalue weighted by Crippen LogP contribution is 2.21. The van der Waals surface area contributed by atoms with E-state index in [1.165, 1.54) is 0 Å². The molecule has 18 heavy (non-hydrogen) atoms. The summed E-state index contributed by atoms with van der Waals surface area (Å²) in [6.07, 6.45) is 3.26. The number of pyridine rings is 1. The maximum absolute atomic E-state index is 11.6. The van der Waals surface area contributed by atoms with Crippen LogP contribution in [0.2, 0.25) is 0 Å². The van der Waals surface area contributed by atoms with Crippen molar-refractivity contribution < 1.29 is 9.21 Å². The zero-order valence-electron chi connectivity index (χ0n) is 10.6. The summed E-state index contributed by atoms with van der Waals surface area (Å²) in [5, 5.41) is 6.74. The van der Waals surface area contributed by atoms with E-state index in [1.807, 2.05) is 6.07 Å². The molecule has 0 aliphatic rings. The van der Waals surface area contributed by atoms with E-state index in [9.17, 15) is 4.79 Å². The summed E-state index contributed by atoms with van der Waals surface area (Å²) in [6.45, 7) is 5.01. The van der Waals surface area contributed by atoms with Crippen LogP contribution in [0.4, 0.5) is 5.82 Å². The highest BCUT2D eigenvalue weighted by Gasteiger charge is 2.06. The predicted molar refractivity (Wildman–Crippen MR) is 70.3 cm³/mol. The molecule has 0 aliphatic heterocycles. The molecule has 0 radical (unpaired) electrons. The molecule has 0 fully saturated rings. The lowest BCUT2D eigenvalue weighted by Crippen LogP contribution is -2.32. The first kappa shape index (κ1) is 12.4. The van der Waals surface area contributed by atoms with Gasteiger partial charge in [0.1, 0.15) is 11.4 Å². The Labute approximate surface area is 106 Å². The molecule has 2 heterocycles. The molecule has 0 saturated carbocycles. The number of nitrogens with one attached hydrogen (secondary N) is 2. The standard InChI is InChI=1S/C13H17N3O2/c1-9(2)7-15-12(17)8-16-13-10-4-6-18-11(10)3-5-14-13/h3-6,9H,7-8H2,1-2H3,(H,14,16)(H,15,17). The Bertz CT molecular complexity index is 534. The number of carbonyl (C=O) groups excluding carboxylic acids is 1. The van der Waals surface area contributed by atoms with E-state index >= 15 is 0 Å². The van der Waals surface area contributed by atoms with Gasteiger partial charge in [0, 0.05) is 12.7 Å². The normalized spacial score (nSPS) is 10.8. The summed E-state index contributed by atoms with van der Waals surface area (Å²) in [7, 11) is 0. The molecule has 1 amide bonds. The number of hydrogen-bond donors (Lipinski definition) is 2. The van der Waals surface area contributed by atoms with Gasteiger partial charge in [-0.15, -0.1) is 0 Å². The van der Waals surface area contributed by atoms with E-state index in [1.54, 1.807) is 18.5 Å². The molecule has 2 aromatic heterocycles. The van der Waals surface area contributed by atoms with Crippen molar-refractivity contribution >= 4 is 22.7 Å². The van der Waals surface area contributed by atoms with E-state index in [0.717, 1.165) is 11.0 Å². The molecule has 5 heteroatoms. The van der Waals surface area contributed by atoms with Crippen molar-refractivity contribution in [1.29, 1.82) is 0 Å². The lowest BCUT2D eigenvalue weighted by molar-refractivity contribution is -0.119. The fraction of sp³-hybridized carbons (Fsp3) is 0.385. The van der Waals surface area contributed by atoms with Crippen molar-refractivity contribution in [3.63, 3.8) is 0 Å². The quantitative estimate of drug-likeness (QED) is 0.848. The van der Waals surface area contributed by atoms with Gasteiger partial charge in [-0.1, -0.05) is 13.8 Å². The molecule has 0 aromatic carbocycles. The second kappa shape index (κ2) is 5.53. The van der Waals surface area contributed by atoms with E-state index in [2.05, 4.69) is 29.5 Å². The number of nitrogens with zero attached hydrogens (tertiary/aromatic N) is 1. The molecule has 0 atom stereocenters. The van der Waals surface area contributed by atoms with Crippen molar-refractivity contribution in [2.75, 3.05) is 18.4 Å². The van der Waals surface area contributed by atoms with Gasteiger partial charge < -0.3 is 15.1 Å². The number of rotatable bonds is 5. The van der Waals surface area contributed by atoms with Gasteiger partial charge >= 0.3 is 0 Å². The topological polar surface area (TPSA) is 67.2 Å². The lowest BCUT2D eigenvalue weighted by atomic mass is 10.2. The minimum Gasteiger partial charge on any atom is -0.464 e. The summed E-state index contributed by atoms with van der Waals surface area (Å²) < 4.78 is 5.26. The molecule has 2 aromatic rings. The fourth-order valence-corrected chi connectivity index (χ4v) is 1.58. The first-order valence-electron chi connectivity index (χ1n) is 5.99. The third-order valence-electron chi connectivity index (χ3n) is 2.50. The fourth-order valence-electron chi connectivity index (χ4n) is 1.58. The van der Waals surface area contributed by atoms with Crippen LogP contribution < -0.4 is 10.6 Å². The number of hydrogen-bond acceptors (Lipinski definition) is 4. The average molecular weight is 247 g/mol. The van der Waals surface area contributed by atoms with Crippen LogP contribution in [0.15, 0.2) is 29.0 Å². The first-order chi connectivity index (χ1) is 8.66. The molecule has 0 unspecified atom stereocenters. The van der Waals surface area contributed by atoms with Crippen LogP contribution in [0.5, 0.6) is 0 Å². The van der Waals surface area contributed by atoms with Crippen molar-refractivity contribution in [3.05, 3.63) is 24.6 Å². The van der Waals surface area contributed by atoms with Gasteiger partial charge in [-0.25, -0.2) is 4.98 Å². The van der Waals surface area contributed by atoms with Crippen LogP contribution in [-0.4, -0.2) is 24.0 Å². The van der Waals surface area contributed by atoms with Crippen LogP contribution in [-0.2, 0) is 4.79 Å². The van der Waals surface area contributed by atoms with E-state index in [0.29, 0.717) is 18.3 Å². The zero-order chi connectivity index (χ0) is 13.0. The van der Waals surface area contributed by atoms with Crippen LogP contribution in [0, 0.1) is 5.92 Å². The smallest absolute Gasteiger partial charge is 0.239 e. The van der Waals surface area contributed by atoms with Gasteiger partial charge in [0.2, 0.25) is 5.91 Å². The van der Waals surface area contributed by atoms with E-state index in [4.69, 9.17) is 4.42 Å². The van der Waals surface area contributed by atoms with Gasteiger partial charge in [-0.3, -0.25) is 4.79 Å². The van der Waals surface area contributed by atoms with Gasteiger partial charge in [0.25, 0.3) is 0 Å². The number of carbonyl (C=O) groups is 1. The summed E-state index contributed by atoms with van der Waals surface area (Å²) in [5.74, 6) is 1.08. The molecule has 5 nitrogen and oxygen atoms in total. The predicted octanol–water partition coefficient (Wildman–Crippen LogP) is 2.01. The molecule has 2 rings (SSSR count). The Morgan fingerprint density at radius 2 is 2.28 bits per heavy atom. The van der Waals surface area contributed by atoms with Gasteiger partial charge in [0.15, 0.2) is 0 Å². The largest absolute Gasteiger partial charge is 0.464 e. The molecule has 0 aliphatic carbocycles. The van der Waals surface area contributed by atoms with Crippen molar-refractivity contribution in [2.24, 2.45) is 5.92 Å². The zero-order valence-corrected chi connectivity index (χ0v) is 10.6. The van der Waals surface area contributed by atoms with Crippen LogP contribution in [0.1, 0.15) is 13.8 Å². The second-order valence-corrected chi connectivity index (χ2v) is 4.54. The Hall–Kier alpha value is -2.04. The van der Waals surface area contributed by atoms with Crippen molar-refractivity contribution in [2.45, 2.75) is 13.8 Å². The number of aromatic nitrogens is 1. The Kier molecular flexibility index (Phi) is 3.82. The third kappa shape index (κ3) is 3.00. The van der Waals surface area contributed by atoms with Crippen LogP contribution >= 0.6 is 0 Å². The Balaban J connectivity index is 1.94. The van der Waals surface area contributed by atoms with E-state index in [-0.39, 0.29) is 12.5 Å². The summed E-state index contributed by atoms with van der Waals surface area (Å²) >= 11 is 0. The van der Waals surface area contributed by atoms with Crippen LogP contribution in [0.25, 0.3) is 11.0 Å². The lowest BCUT2D eigenvalue weighted by Gasteiger charge is -2.09. The number of anilines is 1. The summed E-state index contributed by atoms with van der Waals surface area (Å²) in [5.41, 5.74) is 0.759. The average Bonchev–Trinajstić information content (AvgIpc) is 2.82. The molecular formula is C13H17N3O2. The molecule has 2 N–H and O–H groups in total. The number of fused-ring (bicyclic) bond motifs is 1. The van der Waals surface area contributed by atoms with Crippen LogP contribution in [0.3, 0.4) is 0 Å². The van der Waals surface area contributed by atoms with E-state index < -0.39 is 0 Å². The third-order valence-corrected chi connectivity index (χ3v) is 2.50. The maximum atomic E-state index is 11.6. The Morgan fingerprint density at radius 1 is 1.44 bits per heavy atom.